The number of thiophene rings is 1. The average molecular weight is 293 g/mol. The summed E-state index contributed by atoms with van der Waals surface area (Å²) in [6.07, 6.45) is 0. The van der Waals surface area contributed by atoms with Gasteiger partial charge in [0.1, 0.15) is 0 Å². The van der Waals surface area contributed by atoms with Crippen molar-refractivity contribution in [3.63, 3.8) is 0 Å². The van der Waals surface area contributed by atoms with Crippen molar-refractivity contribution < 1.29 is 9.90 Å². The lowest BCUT2D eigenvalue weighted by Crippen LogP contribution is -2.49. The van der Waals surface area contributed by atoms with Gasteiger partial charge in [-0.25, -0.2) is 4.79 Å². The molecule has 0 fully saturated rings. The van der Waals surface area contributed by atoms with E-state index in [9.17, 15) is 9.90 Å². The smallest absolute Gasteiger partial charge is 0.329 e. The highest BCUT2D eigenvalue weighted by molar-refractivity contribution is 8.01. The van der Waals surface area contributed by atoms with Gasteiger partial charge < -0.3 is 10.4 Å². The van der Waals surface area contributed by atoms with E-state index in [0.717, 1.165) is 9.77 Å². The molecule has 5 heteroatoms. The van der Waals surface area contributed by atoms with Crippen LogP contribution in [0.4, 0.5) is 0 Å². The summed E-state index contributed by atoms with van der Waals surface area (Å²) in [7, 11) is 1.69. The molecule has 0 bridgehead atoms. The summed E-state index contributed by atoms with van der Waals surface area (Å²) in [4.78, 5) is 11.7. The number of likely N-dealkylation sites (N-methyl/N-ethyl adjacent to an activating group) is 1. The molecule has 1 atom stereocenters. The van der Waals surface area contributed by atoms with Crippen LogP contribution in [0.25, 0.3) is 0 Å². The van der Waals surface area contributed by atoms with Gasteiger partial charge in [-0.15, -0.1) is 23.1 Å². The second-order valence-corrected chi connectivity index (χ2v) is 6.27. The number of carboxylic acid groups (broad SMARTS) is 1. The molecule has 1 aromatic heterocycles. The monoisotopic (exact) mass is 293 g/mol. The van der Waals surface area contributed by atoms with Gasteiger partial charge in [0.15, 0.2) is 5.54 Å². The molecule has 0 saturated heterocycles. The van der Waals surface area contributed by atoms with Crippen LogP contribution in [-0.2, 0) is 10.3 Å². The van der Waals surface area contributed by atoms with Crippen LogP contribution in [0.2, 0.25) is 0 Å². The van der Waals surface area contributed by atoms with Gasteiger partial charge in [-0.05, 0) is 24.1 Å². The van der Waals surface area contributed by atoms with Crippen molar-refractivity contribution in [1.82, 2.24) is 5.32 Å². The lowest BCUT2D eigenvalue weighted by molar-refractivity contribution is -0.144. The minimum atomic E-state index is -1.06. The Labute approximate surface area is 120 Å². The zero-order chi connectivity index (χ0) is 13.7. The number of benzene rings is 1. The fraction of sp³-hybridized carbons (Fsp3) is 0.214. The first-order valence-corrected chi connectivity index (χ1v) is 7.70. The first-order chi connectivity index (χ1) is 9.19. The zero-order valence-corrected chi connectivity index (χ0v) is 12.1. The summed E-state index contributed by atoms with van der Waals surface area (Å²) in [6, 6.07) is 13.3. The van der Waals surface area contributed by atoms with Crippen LogP contribution in [0, 0.1) is 0 Å². The summed E-state index contributed by atoms with van der Waals surface area (Å²) < 4.78 is 1.12. The van der Waals surface area contributed by atoms with Crippen molar-refractivity contribution in [2.24, 2.45) is 0 Å². The average Bonchev–Trinajstić information content (AvgIpc) is 2.94. The second-order valence-electron chi connectivity index (χ2n) is 4.05. The van der Waals surface area contributed by atoms with Crippen molar-refractivity contribution in [3.8, 4) is 0 Å². The first-order valence-electron chi connectivity index (χ1n) is 5.83. The van der Waals surface area contributed by atoms with Crippen LogP contribution in [0.5, 0.6) is 0 Å². The van der Waals surface area contributed by atoms with E-state index in [0.29, 0.717) is 5.75 Å². The molecule has 2 aromatic rings. The molecule has 2 rings (SSSR count). The molecule has 1 heterocycles. The van der Waals surface area contributed by atoms with Crippen molar-refractivity contribution in [3.05, 3.63) is 53.4 Å². The van der Waals surface area contributed by atoms with Gasteiger partial charge in [0, 0.05) is 5.75 Å². The number of rotatable bonds is 6. The van der Waals surface area contributed by atoms with E-state index < -0.39 is 11.5 Å². The van der Waals surface area contributed by atoms with Crippen LogP contribution in [0.1, 0.15) is 5.56 Å². The SMILES string of the molecule is CNC(CSc1cccs1)(C(=O)O)c1ccccc1. The third-order valence-corrected chi connectivity index (χ3v) is 5.29. The van der Waals surface area contributed by atoms with Crippen molar-refractivity contribution in [2.45, 2.75) is 9.75 Å². The van der Waals surface area contributed by atoms with E-state index in [2.05, 4.69) is 5.32 Å². The van der Waals surface area contributed by atoms with Crippen LogP contribution < -0.4 is 5.32 Å². The number of aliphatic carboxylic acids is 1. The summed E-state index contributed by atoms with van der Waals surface area (Å²) in [5, 5.41) is 14.6. The largest absolute Gasteiger partial charge is 0.480 e. The third kappa shape index (κ3) is 3.00. The second kappa shape index (κ2) is 6.23. The van der Waals surface area contributed by atoms with Crippen molar-refractivity contribution in [2.75, 3.05) is 12.8 Å². The molecule has 0 aliphatic rings. The minimum absolute atomic E-state index is 0.448. The number of hydrogen-bond acceptors (Lipinski definition) is 4. The van der Waals surface area contributed by atoms with Crippen molar-refractivity contribution in [1.29, 1.82) is 0 Å². The number of carbonyl (C=O) groups is 1. The molecule has 1 aromatic carbocycles. The van der Waals surface area contributed by atoms with E-state index in [1.807, 2.05) is 47.8 Å². The summed E-state index contributed by atoms with van der Waals surface area (Å²) in [5.41, 5.74) is -0.287. The first kappa shape index (κ1) is 14.1. The van der Waals surface area contributed by atoms with Gasteiger partial charge in [-0.1, -0.05) is 36.4 Å². The minimum Gasteiger partial charge on any atom is -0.480 e. The molecule has 0 aliphatic heterocycles. The molecule has 100 valence electrons. The fourth-order valence-electron chi connectivity index (χ4n) is 1.84. The normalized spacial score (nSPS) is 13.9. The Morgan fingerprint density at radius 3 is 2.58 bits per heavy atom. The molecule has 19 heavy (non-hydrogen) atoms. The molecule has 3 nitrogen and oxygen atoms in total. The Hall–Kier alpha value is -1.30. The predicted molar refractivity (Wildman–Crippen MR) is 79.9 cm³/mol. The Balaban J connectivity index is 2.27. The predicted octanol–water partition coefficient (Wildman–Crippen LogP) is 3.04. The van der Waals surface area contributed by atoms with E-state index in [1.54, 1.807) is 30.1 Å². The van der Waals surface area contributed by atoms with Gasteiger partial charge in [0.2, 0.25) is 0 Å². The topological polar surface area (TPSA) is 49.3 Å². The van der Waals surface area contributed by atoms with Gasteiger partial charge in [0.05, 0.1) is 4.21 Å². The maximum Gasteiger partial charge on any atom is 0.329 e. The van der Waals surface area contributed by atoms with Crippen LogP contribution in [-0.4, -0.2) is 23.9 Å². The standard InChI is InChI=1S/C14H15NO2S2/c1-15-14(13(16)17,11-6-3-2-4-7-11)10-19-12-8-5-9-18-12/h2-9,15H,10H2,1H3,(H,16,17). The fourth-order valence-corrected chi connectivity index (χ4v) is 3.87. The molecule has 0 amide bonds. The summed E-state index contributed by atoms with van der Waals surface area (Å²) >= 11 is 3.18. The third-order valence-electron chi connectivity index (χ3n) is 2.98. The van der Waals surface area contributed by atoms with E-state index in [4.69, 9.17) is 0 Å². The zero-order valence-electron chi connectivity index (χ0n) is 10.5. The highest BCUT2D eigenvalue weighted by atomic mass is 32.2. The van der Waals surface area contributed by atoms with Crippen LogP contribution in [0.15, 0.2) is 52.1 Å². The molecule has 0 saturated carbocycles. The maximum atomic E-state index is 11.7. The van der Waals surface area contributed by atoms with Gasteiger partial charge in [0.25, 0.3) is 0 Å². The Morgan fingerprint density at radius 1 is 1.32 bits per heavy atom. The van der Waals surface area contributed by atoms with E-state index in [-0.39, 0.29) is 0 Å². The molecular formula is C14H15NO2S2. The quantitative estimate of drug-likeness (QED) is 0.804. The lowest BCUT2D eigenvalue weighted by Gasteiger charge is -2.29. The van der Waals surface area contributed by atoms with Crippen LogP contribution in [0.3, 0.4) is 0 Å². The Morgan fingerprint density at radius 2 is 2.05 bits per heavy atom. The molecule has 0 spiro atoms. The Bertz CT molecular complexity index is 528. The van der Waals surface area contributed by atoms with E-state index >= 15 is 0 Å². The highest BCUT2D eigenvalue weighted by Gasteiger charge is 2.38. The summed E-state index contributed by atoms with van der Waals surface area (Å²) in [6.45, 7) is 0. The number of hydrogen-bond donors (Lipinski definition) is 2. The summed E-state index contributed by atoms with van der Waals surface area (Å²) in [5.74, 6) is -0.408. The van der Waals surface area contributed by atoms with Crippen LogP contribution >= 0.6 is 23.1 Å². The molecule has 0 aliphatic carbocycles. The Kier molecular flexibility index (Phi) is 4.63. The lowest BCUT2D eigenvalue weighted by atomic mass is 9.92. The molecule has 1 unspecified atom stereocenters. The number of thioether (sulfide) groups is 1. The van der Waals surface area contributed by atoms with E-state index in [1.165, 1.54) is 0 Å². The van der Waals surface area contributed by atoms with Crippen molar-refractivity contribution >= 4 is 29.1 Å². The highest BCUT2D eigenvalue weighted by Crippen LogP contribution is 2.32. The molecule has 2 N–H and O–H groups in total. The number of nitrogens with one attached hydrogen (secondary N) is 1. The van der Waals surface area contributed by atoms with Gasteiger partial charge in [-0.2, -0.15) is 0 Å². The maximum absolute atomic E-state index is 11.7. The van der Waals surface area contributed by atoms with Gasteiger partial charge in [-0.3, -0.25) is 0 Å². The van der Waals surface area contributed by atoms with Gasteiger partial charge >= 0.3 is 5.97 Å². The molecular weight excluding hydrogens is 278 g/mol. The number of carboxylic acids is 1. The molecule has 0 radical (unpaired) electrons.